The molecule has 1 aromatic heterocycles. The van der Waals surface area contributed by atoms with Gasteiger partial charge in [0.15, 0.2) is 0 Å². The van der Waals surface area contributed by atoms with Gasteiger partial charge in [0, 0.05) is 6.07 Å². The summed E-state index contributed by atoms with van der Waals surface area (Å²) >= 11 is 3.14. The molecule has 19 heavy (non-hydrogen) atoms. The van der Waals surface area contributed by atoms with Gasteiger partial charge in [0.1, 0.15) is 11.3 Å². The summed E-state index contributed by atoms with van der Waals surface area (Å²) in [6, 6.07) is 4.51. The van der Waals surface area contributed by atoms with E-state index in [1.165, 1.54) is 10.7 Å². The molecule has 8 heteroatoms. The fourth-order valence-electron chi connectivity index (χ4n) is 1.46. The van der Waals surface area contributed by atoms with Crippen LogP contribution in [0, 0.1) is 10.1 Å². The number of hydrogen-bond donors (Lipinski definition) is 1. The lowest BCUT2D eigenvalue weighted by Gasteiger charge is -2.11. The number of nitro benzene ring substituents is 1. The highest BCUT2D eigenvalue weighted by Gasteiger charge is 2.21. The van der Waals surface area contributed by atoms with Gasteiger partial charge < -0.3 is 5.11 Å². The maximum atomic E-state index is 10.7. The summed E-state index contributed by atoms with van der Waals surface area (Å²) in [5.74, 6) is 0. The Morgan fingerprint density at radius 2 is 2.16 bits per heavy atom. The molecule has 1 aromatic carbocycles. The summed E-state index contributed by atoms with van der Waals surface area (Å²) in [5, 5.41) is 28.3. The zero-order valence-electron chi connectivity index (χ0n) is 10.2. The van der Waals surface area contributed by atoms with E-state index < -0.39 is 10.5 Å². The molecule has 0 bridgehead atoms. The first-order valence-corrected chi connectivity index (χ1v) is 6.18. The van der Waals surface area contributed by atoms with Crippen LogP contribution >= 0.6 is 15.9 Å². The van der Waals surface area contributed by atoms with Gasteiger partial charge in [-0.2, -0.15) is 0 Å². The number of hydrogen-bond acceptors (Lipinski definition) is 5. The van der Waals surface area contributed by atoms with E-state index in [0.29, 0.717) is 15.9 Å². The number of aromatic nitrogens is 3. The van der Waals surface area contributed by atoms with Crippen molar-refractivity contribution in [2.24, 2.45) is 0 Å². The Balaban J connectivity index is 2.40. The quantitative estimate of drug-likeness (QED) is 0.689. The molecule has 0 unspecified atom stereocenters. The van der Waals surface area contributed by atoms with Gasteiger partial charge in [-0.15, -0.1) is 5.10 Å². The molecule has 0 atom stereocenters. The minimum Gasteiger partial charge on any atom is -0.384 e. The molecule has 2 aromatic rings. The van der Waals surface area contributed by atoms with E-state index in [-0.39, 0.29) is 5.69 Å². The van der Waals surface area contributed by atoms with E-state index in [2.05, 4.69) is 26.2 Å². The Hall–Kier alpha value is -1.80. The van der Waals surface area contributed by atoms with E-state index in [1.54, 1.807) is 32.2 Å². The molecule has 7 nitrogen and oxygen atoms in total. The van der Waals surface area contributed by atoms with Gasteiger partial charge in [0.25, 0.3) is 5.69 Å². The molecule has 0 aliphatic heterocycles. The summed E-state index contributed by atoms with van der Waals surface area (Å²) in [6.07, 6.45) is 1.58. The van der Waals surface area contributed by atoms with Crippen molar-refractivity contribution in [1.82, 2.24) is 15.0 Å². The van der Waals surface area contributed by atoms with Crippen molar-refractivity contribution < 1.29 is 10.0 Å². The highest BCUT2D eigenvalue weighted by atomic mass is 79.9. The maximum absolute atomic E-state index is 10.7. The maximum Gasteiger partial charge on any atom is 0.283 e. The molecule has 1 N–H and O–H groups in total. The first kappa shape index (κ1) is 13.6. The summed E-state index contributed by atoms with van der Waals surface area (Å²) in [6.45, 7) is 3.21. The lowest BCUT2D eigenvalue weighted by atomic mass is 10.1. The summed E-state index contributed by atoms with van der Waals surface area (Å²) in [5.41, 5.74) is -0.0787. The average Bonchev–Trinajstić information content (AvgIpc) is 2.76. The molecule has 0 saturated heterocycles. The van der Waals surface area contributed by atoms with Gasteiger partial charge in [-0.1, -0.05) is 5.21 Å². The fraction of sp³-hybridized carbons (Fsp3) is 0.273. The molecule has 0 saturated carbocycles. The van der Waals surface area contributed by atoms with E-state index in [4.69, 9.17) is 0 Å². The minimum absolute atomic E-state index is 0.0217. The summed E-state index contributed by atoms with van der Waals surface area (Å²) in [4.78, 5) is 10.2. The van der Waals surface area contributed by atoms with E-state index in [9.17, 15) is 15.2 Å². The number of aliphatic hydroxyl groups is 1. The van der Waals surface area contributed by atoms with Crippen LogP contribution in [0.5, 0.6) is 0 Å². The Morgan fingerprint density at radius 1 is 1.47 bits per heavy atom. The second-order valence-corrected chi connectivity index (χ2v) is 5.35. The van der Waals surface area contributed by atoms with Crippen molar-refractivity contribution in [2.45, 2.75) is 19.4 Å². The third kappa shape index (κ3) is 2.79. The SMILES string of the molecule is CC(C)(O)c1cn(-c2ccc([N+](=O)[O-])c(Br)c2)nn1. The van der Waals surface area contributed by atoms with Crippen LogP contribution in [-0.4, -0.2) is 25.0 Å². The van der Waals surface area contributed by atoms with Crippen molar-refractivity contribution in [3.05, 3.63) is 44.7 Å². The topological polar surface area (TPSA) is 94.1 Å². The van der Waals surface area contributed by atoms with Crippen LogP contribution in [0.3, 0.4) is 0 Å². The monoisotopic (exact) mass is 326 g/mol. The lowest BCUT2D eigenvalue weighted by molar-refractivity contribution is -0.385. The second kappa shape index (κ2) is 4.71. The molecule has 2 rings (SSSR count). The predicted molar refractivity (Wildman–Crippen MR) is 71.0 cm³/mol. The van der Waals surface area contributed by atoms with Crippen LogP contribution in [0.2, 0.25) is 0 Å². The molecule has 0 aliphatic rings. The van der Waals surface area contributed by atoms with E-state index in [1.807, 2.05) is 0 Å². The van der Waals surface area contributed by atoms with Crippen LogP contribution < -0.4 is 0 Å². The van der Waals surface area contributed by atoms with Crippen LogP contribution in [0.25, 0.3) is 5.69 Å². The normalized spacial score (nSPS) is 11.6. The highest BCUT2D eigenvalue weighted by Crippen LogP contribution is 2.27. The van der Waals surface area contributed by atoms with Gasteiger partial charge in [-0.05, 0) is 41.9 Å². The Bertz CT molecular complexity index is 633. The molecule has 0 amide bonds. The average molecular weight is 327 g/mol. The minimum atomic E-state index is -1.09. The molecule has 100 valence electrons. The summed E-state index contributed by atoms with van der Waals surface area (Å²) in [7, 11) is 0. The zero-order valence-corrected chi connectivity index (χ0v) is 11.8. The molecule has 1 heterocycles. The Labute approximate surface area is 117 Å². The first-order chi connectivity index (χ1) is 8.79. The van der Waals surface area contributed by atoms with Gasteiger partial charge in [-0.3, -0.25) is 10.1 Å². The van der Waals surface area contributed by atoms with Gasteiger partial charge in [-0.25, -0.2) is 4.68 Å². The Morgan fingerprint density at radius 3 is 2.63 bits per heavy atom. The molecular formula is C11H11BrN4O3. The van der Waals surface area contributed by atoms with Crippen molar-refractivity contribution in [3.63, 3.8) is 0 Å². The number of rotatable bonds is 3. The predicted octanol–water partition coefficient (Wildman–Crippen LogP) is 2.17. The smallest absolute Gasteiger partial charge is 0.283 e. The zero-order chi connectivity index (χ0) is 14.2. The Kier molecular flexibility index (Phi) is 3.38. The first-order valence-electron chi connectivity index (χ1n) is 5.38. The number of benzene rings is 1. The van der Waals surface area contributed by atoms with Crippen LogP contribution in [0.1, 0.15) is 19.5 Å². The largest absolute Gasteiger partial charge is 0.384 e. The molecule has 0 fully saturated rings. The second-order valence-electron chi connectivity index (χ2n) is 4.50. The van der Waals surface area contributed by atoms with Crippen LogP contribution in [-0.2, 0) is 5.60 Å². The van der Waals surface area contributed by atoms with E-state index in [0.717, 1.165) is 0 Å². The highest BCUT2D eigenvalue weighted by molar-refractivity contribution is 9.10. The number of nitro groups is 1. The van der Waals surface area contributed by atoms with Crippen molar-refractivity contribution in [3.8, 4) is 5.69 Å². The van der Waals surface area contributed by atoms with Crippen LogP contribution in [0.15, 0.2) is 28.9 Å². The molecular weight excluding hydrogens is 316 g/mol. The molecule has 0 aliphatic carbocycles. The van der Waals surface area contributed by atoms with Gasteiger partial charge >= 0.3 is 0 Å². The van der Waals surface area contributed by atoms with E-state index >= 15 is 0 Å². The number of halogens is 1. The van der Waals surface area contributed by atoms with Crippen molar-refractivity contribution in [2.75, 3.05) is 0 Å². The van der Waals surface area contributed by atoms with Gasteiger partial charge in [0.2, 0.25) is 0 Å². The number of nitrogens with zero attached hydrogens (tertiary/aromatic N) is 4. The standard InChI is InChI=1S/C11H11BrN4O3/c1-11(2,17)10-6-15(14-13-10)7-3-4-9(16(18)19)8(12)5-7/h3-6,17H,1-2H3. The molecule has 0 radical (unpaired) electrons. The third-order valence-electron chi connectivity index (χ3n) is 2.51. The molecule has 0 spiro atoms. The van der Waals surface area contributed by atoms with Crippen molar-refractivity contribution >= 4 is 21.6 Å². The van der Waals surface area contributed by atoms with Crippen LogP contribution in [0.4, 0.5) is 5.69 Å². The van der Waals surface area contributed by atoms with Crippen molar-refractivity contribution in [1.29, 1.82) is 0 Å². The summed E-state index contributed by atoms with van der Waals surface area (Å²) < 4.78 is 1.80. The lowest BCUT2D eigenvalue weighted by Crippen LogP contribution is -2.15. The fourth-order valence-corrected chi connectivity index (χ4v) is 1.97. The third-order valence-corrected chi connectivity index (χ3v) is 3.15. The van der Waals surface area contributed by atoms with Gasteiger partial charge in [0.05, 0.1) is 21.3 Å².